The van der Waals surface area contributed by atoms with Gasteiger partial charge >= 0.3 is 0 Å². The molecular formula is C9H13NO2. The highest BCUT2D eigenvalue weighted by Crippen LogP contribution is 2.15. The van der Waals surface area contributed by atoms with Gasteiger partial charge in [0, 0.05) is 19.2 Å². The number of methoxy groups -OCH3 is 1. The van der Waals surface area contributed by atoms with Gasteiger partial charge in [-0.3, -0.25) is 0 Å². The molecular weight excluding hydrogens is 154 g/mol. The summed E-state index contributed by atoms with van der Waals surface area (Å²) in [5, 5.41) is 0. The zero-order valence-electron chi connectivity index (χ0n) is 7.17. The first-order valence-corrected chi connectivity index (χ1v) is 3.73. The van der Waals surface area contributed by atoms with Crippen LogP contribution in [0.5, 0.6) is 0 Å². The highest BCUT2D eigenvalue weighted by atomic mass is 16.5. The summed E-state index contributed by atoms with van der Waals surface area (Å²) >= 11 is 0. The standard InChI is InChI=1S/C9H13NO2/c1-7(5-10)9-4-3-8(12-9)6-11-2/h3-4H,1,5-6,10H2,2H3. The maximum absolute atomic E-state index is 5.40. The summed E-state index contributed by atoms with van der Waals surface area (Å²) in [6, 6.07) is 3.71. The lowest BCUT2D eigenvalue weighted by Crippen LogP contribution is -1.99. The molecule has 0 radical (unpaired) electrons. The van der Waals surface area contributed by atoms with Gasteiger partial charge in [0.25, 0.3) is 0 Å². The predicted molar refractivity (Wildman–Crippen MR) is 47.5 cm³/mol. The molecule has 0 spiro atoms. The molecule has 66 valence electrons. The van der Waals surface area contributed by atoms with Crippen LogP contribution in [-0.4, -0.2) is 13.7 Å². The first-order valence-electron chi connectivity index (χ1n) is 3.73. The molecule has 0 fully saturated rings. The Balaban J connectivity index is 2.70. The van der Waals surface area contributed by atoms with Crippen molar-refractivity contribution >= 4 is 5.57 Å². The quantitative estimate of drug-likeness (QED) is 0.737. The van der Waals surface area contributed by atoms with E-state index in [-0.39, 0.29) is 0 Å². The zero-order chi connectivity index (χ0) is 8.97. The van der Waals surface area contributed by atoms with E-state index in [9.17, 15) is 0 Å². The van der Waals surface area contributed by atoms with E-state index in [0.29, 0.717) is 13.2 Å². The van der Waals surface area contributed by atoms with Crippen LogP contribution in [0.4, 0.5) is 0 Å². The lowest BCUT2D eigenvalue weighted by atomic mass is 10.2. The molecule has 0 saturated carbocycles. The van der Waals surface area contributed by atoms with E-state index in [1.807, 2.05) is 12.1 Å². The third-order valence-electron chi connectivity index (χ3n) is 1.54. The van der Waals surface area contributed by atoms with Crippen molar-refractivity contribution in [1.82, 2.24) is 0 Å². The summed E-state index contributed by atoms with van der Waals surface area (Å²) in [6.45, 7) is 4.66. The van der Waals surface area contributed by atoms with Crippen LogP contribution in [-0.2, 0) is 11.3 Å². The smallest absolute Gasteiger partial charge is 0.131 e. The fourth-order valence-electron chi connectivity index (χ4n) is 0.888. The van der Waals surface area contributed by atoms with Crippen LogP contribution in [0.15, 0.2) is 23.1 Å². The third-order valence-corrected chi connectivity index (χ3v) is 1.54. The summed E-state index contributed by atoms with van der Waals surface area (Å²) in [5.41, 5.74) is 6.20. The lowest BCUT2D eigenvalue weighted by molar-refractivity contribution is 0.164. The van der Waals surface area contributed by atoms with Crippen LogP contribution in [0.2, 0.25) is 0 Å². The van der Waals surface area contributed by atoms with Gasteiger partial charge in [-0.1, -0.05) is 6.58 Å². The first-order chi connectivity index (χ1) is 5.77. The molecule has 12 heavy (non-hydrogen) atoms. The van der Waals surface area contributed by atoms with Crippen LogP contribution in [0.1, 0.15) is 11.5 Å². The van der Waals surface area contributed by atoms with Crippen LogP contribution >= 0.6 is 0 Å². The highest BCUT2D eigenvalue weighted by molar-refractivity contribution is 5.59. The molecule has 1 heterocycles. The summed E-state index contributed by atoms with van der Waals surface area (Å²) < 4.78 is 10.3. The average Bonchev–Trinajstić information content (AvgIpc) is 2.52. The second-order valence-electron chi connectivity index (χ2n) is 2.51. The maximum atomic E-state index is 5.40. The Kier molecular flexibility index (Phi) is 3.08. The molecule has 0 aliphatic carbocycles. The molecule has 1 aromatic heterocycles. The summed E-state index contributed by atoms with van der Waals surface area (Å²) in [6.07, 6.45) is 0. The van der Waals surface area contributed by atoms with Gasteiger partial charge in [0.2, 0.25) is 0 Å². The molecule has 0 bridgehead atoms. The normalized spacial score (nSPS) is 10.2. The topological polar surface area (TPSA) is 48.4 Å². The lowest BCUT2D eigenvalue weighted by Gasteiger charge is -1.96. The van der Waals surface area contributed by atoms with Gasteiger partial charge in [0.15, 0.2) is 0 Å². The van der Waals surface area contributed by atoms with Gasteiger partial charge in [-0.25, -0.2) is 0 Å². The molecule has 3 heteroatoms. The molecule has 0 aliphatic rings. The van der Waals surface area contributed by atoms with Crippen molar-refractivity contribution in [3.8, 4) is 0 Å². The number of furan rings is 1. The Morgan fingerprint density at radius 1 is 1.67 bits per heavy atom. The summed E-state index contributed by atoms with van der Waals surface area (Å²) in [7, 11) is 1.62. The van der Waals surface area contributed by atoms with E-state index in [1.165, 1.54) is 0 Å². The van der Waals surface area contributed by atoms with Crippen LogP contribution in [0.25, 0.3) is 5.57 Å². The first kappa shape index (κ1) is 9.03. The number of nitrogens with two attached hydrogens (primary N) is 1. The second kappa shape index (κ2) is 4.09. The Bertz CT molecular complexity index is 265. The van der Waals surface area contributed by atoms with Crippen LogP contribution in [0, 0.1) is 0 Å². The van der Waals surface area contributed by atoms with Crippen molar-refractivity contribution in [3.63, 3.8) is 0 Å². The molecule has 0 aromatic carbocycles. The fourth-order valence-corrected chi connectivity index (χ4v) is 0.888. The number of hydrogen-bond acceptors (Lipinski definition) is 3. The zero-order valence-corrected chi connectivity index (χ0v) is 7.17. The van der Waals surface area contributed by atoms with E-state index in [0.717, 1.165) is 17.1 Å². The van der Waals surface area contributed by atoms with E-state index in [1.54, 1.807) is 7.11 Å². The largest absolute Gasteiger partial charge is 0.459 e. The number of hydrogen-bond donors (Lipinski definition) is 1. The van der Waals surface area contributed by atoms with E-state index < -0.39 is 0 Å². The maximum Gasteiger partial charge on any atom is 0.131 e. The Morgan fingerprint density at radius 3 is 3.00 bits per heavy atom. The van der Waals surface area contributed by atoms with Gasteiger partial charge in [-0.15, -0.1) is 0 Å². The molecule has 0 aliphatic heterocycles. The van der Waals surface area contributed by atoms with Gasteiger partial charge < -0.3 is 14.9 Å². The van der Waals surface area contributed by atoms with E-state index in [2.05, 4.69) is 6.58 Å². The fraction of sp³-hybridized carbons (Fsp3) is 0.333. The minimum atomic E-state index is 0.417. The monoisotopic (exact) mass is 167 g/mol. The minimum absolute atomic E-state index is 0.417. The third kappa shape index (κ3) is 1.96. The van der Waals surface area contributed by atoms with E-state index in [4.69, 9.17) is 14.9 Å². The van der Waals surface area contributed by atoms with Crippen LogP contribution < -0.4 is 5.73 Å². The molecule has 0 atom stereocenters. The minimum Gasteiger partial charge on any atom is -0.459 e. The van der Waals surface area contributed by atoms with Gasteiger partial charge in [-0.05, 0) is 12.1 Å². The Morgan fingerprint density at radius 2 is 2.42 bits per heavy atom. The van der Waals surface area contributed by atoms with Crippen molar-refractivity contribution in [2.75, 3.05) is 13.7 Å². The van der Waals surface area contributed by atoms with Gasteiger partial charge in [-0.2, -0.15) is 0 Å². The molecule has 3 nitrogen and oxygen atoms in total. The van der Waals surface area contributed by atoms with Crippen molar-refractivity contribution in [1.29, 1.82) is 0 Å². The Hall–Kier alpha value is -1.06. The van der Waals surface area contributed by atoms with Crippen molar-refractivity contribution in [2.24, 2.45) is 5.73 Å². The molecule has 1 aromatic rings. The highest BCUT2D eigenvalue weighted by Gasteiger charge is 2.03. The van der Waals surface area contributed by atoms with Crippen molar-refractivity contribution in [2.45, 2.75) is 6.61 Å². The van der Waals surface area contributed by atoms with Crippen molar-refractivity contribution < 1.29 is 9.15 Å². The molecule has 1 rings (SSSR count). The molecule has 0 amide bonds. The Labute approximate surface area is 71.8 Å². The van der Waals surface area contributed by atoms with Gasteiger partial charge in [0.1, 0.15) is 18.1 Å². The number of ether oxygens (including phenoxy) is 1. The molecule has 2 N–H and O–H groups in total. The van der Waals surface area contributed by atoms with Crippen LogP contribution in [0.3, 0.4) is 0 Å². The number of rotatable bonds is 4. The van der Waals surface area contributed by atoms with E-state index >= 15 is 0 Å². The molecule has 0 saturated heterocycles. The second-order valence-corrected chi connectivity index (χ2v) is 2.51. The molecule has 0 unspecified atom stereocenters. The summed E-state index contributed by atoms with van der Waals surface area (Å²) in [5.74, 6) is 1.53. The summed E-state index contributed by atoms with van der Waals surface area (Å²) in [4.78, 5) is 0. The SMILES string of the molecule is C=C(CN)c1ccc(COC)o1. The van der Waals surface area contributed by atoms with Crippen molar-refractivity contribution in [3.05, 3.63) is 30.2 Å². The van der Waals surface area contributed by atoms with Gasteiger partial charge in [0.05, 0.1) is 0 Å². The average molecular weight is 167 g/mol. The predicted octanol–water partition coefficient (Wildman–Crippen LogP) is 1.40.